The van der Waals surface area contributed by atoms with Crippen molar-refractivity contribution in [2.75, 3.05) is 0 Å². The van der Waals surface area contributed by atoms with Crippen molar-refractivity contribution in [1.82, 2.24) is 0 Å². The average molecular weight is 366 g/mol. The Labute approximate surface area is 83.9 Å². The maximum atomic E-state index is 10.3. The summed E-state index contributed by atoms with van der Waals surface area (Å²) < 4.78 is 4.51. The maximum absolute atomic E-state index is 10.3. The first kappa shape index (κ1) is 12.8. The van der Waals surface area contributed by atoms with Crippen molar-refractivity contribution in [3.05, 3.63) is 6.10 Å². The van der Waals surface area contributed by atoms with Gasteiger partial charge < -0.3 is 9.53 Å². The predicted octanol–water partition coefficient (Wildman–Crippen LogP) is 0.601. The van der Waals surface area contributed by atoms with Crippen LogP contribution in [-0.4, -0.2) is 12.3 Å². The first-order valence-corrected chi connectivity index (χ1v) is 2.52. The van der Waals surface area contributed by atoms with Crippen LogP contribution in [0.2, 0.25) is 0 Å². The molecule has 3 nitrogen and oxygen atoms in total. The van der Waals surface area contributed by atoms with Gasteiger partial charge in [-0.2, -0.15) is 13.8 Å². The number of hydrogen-bond donors (Lipinski definition) is 0. The molecule has 0 saturated heterocycles. The number of carbonyl (C=O) groups excluding carboxylic acids is 2. The molecule has 0 amide bonds. The molecule has 54 valence electrons. The van der Waals surface area contributed by atoms with Gasteiger partial charge in [0.2, 0.25) is 5.97 Å². The Hall–Kier alpha value is 0.192. The number of carbonyl (C=O) groups is 1. The van der Waals surface area contributed by atoms with Crippen LogP contribution < -0.4 is 0 Å². The monoisotopic (exact) mass is 366 g/mol. The van der Waals surface area contributed by atoms with E-state index in [9.17, 15) is 9.59 Å². The van der Waals surface area contributed by atoms with E-state index in [1.165, 1.54) is 6.29 Å². The predicted molar refractivity (Wildman–Crippen MR) is 31.0 cm³/mol. The molecule has 0 radical (unpaired) electrons. The SMILES string of the molecule is C[C-](C)OC(=O)C[C-]=O.[U+2]. The summed E-state index contributed by atoms with van der Waals surface area (Å²) in [6, 6.07) is 0. The van der Waals surface area contributed by atoms with Crippen LogP contribution in [0.4, 0.5) is 0 Å². The van der Waals surface area contributed by atoms with Crippen LogP contribution in [0, 0.1) is 37.2 Å². The molecule has 10 heavy (non-hydrogen) atoms. The number of ether oxygens (including phenoxy) is 1. The molecule has 0 aliphatic carbocycles. The van der Waals surface area contributed by atoms with Gasteiger partial charge in [-0.3, -0.25) is 11.1 Å². The number of hydrogen-bond acceptors (Lipinski definition) is 3. The molecule has 0 aliphatic rings. The Kier molecular flexibility index (Phi) is 9.37. The molecule has 0 N–H and O–H groups in total. The van der Waals surface area contributed by atoms with Crippen LogP contribution in [0.1, 0.15) is 20.3 Å². The third-order valence-electron chi connectivity index (χ3n) is 0.534. The van der Waals surface area contributed by atoms with Crippen LogP contribution in [0.5, 0.6) is 0 Å². The van der Waals surface area contributed by atoms with Crippen LogP contribution in [0.25, 0.3) is 0 Å². The summed E-state index contributed by atoms with van der Waals surface area (Å²) in [5.41, 5.74) is 0. The summed E-state index contributed by atoms with van der Waals surface area (Å²) in [4.78, 5) is 19.9. The largest absolute Gasteiger partial charge is 2.00 e. The Morgan fingerprint density at radius 3 is 2.40 bits per heavy atom. The zero-order chi connectivity index (χ0) is 7.28. The smallest absolute Gasteiger partial charge is 0.636 e. The molecule has 4 heteroatoms. The molecular formula is C6H8O3U. The summed E-state index contributed by atoms with van der Waals surface area (Å²) in [5, 5.41) is 0. The normalized spacial score (nSPS) is 8.30. The average Bonchev–Trinajstić information content (AvgIpc) is 1.63. The van der Waals surface area contributed by atoms with E-state index in [2.05, 4.69) is 4.74 Å². The molecule has 0 saturated carbocycles. The molecule has 0 aromatic rings. The molecule has 0 heterocycles. The van der Waals surface area contributed by atoms with Crippen LogP contribution in [0.3, 0.4) is 0 Å². The Balaban J connectivity index is 0. The van der Waals surface area contributed by atoms with Crippen molar-refractivity contribution < 1.29 is 45.4 Å². The molecule has 0 bridgehead atoms. The maximum Gasteiger partial charge on any atom is 2.00 e. The van der Waals surface area contributed by atoms with Gasteiger partial charge in [-0.15, -0.1) is 6.10 Å². The number of esters is 1. The molecule has 0 rings (SSSR count). The standard InChI is InChI=1S/C6H8O3.U/c1-5(2)9-6(8)3-4-7;/h3H2,1-2H3;/q-2;+2. The minimum atomic E-state index is -0.551. The quantitative estimate of drug-likeness (QED) is 0.418. The van der Waals surface area contributed by atoms with E-state index >= 15 is 0 Å². The summed E-state index contributed by atoms with van der Waals surface area (Å²) in [6.45, 7) is 3.28. The second-order valence-corrected chi connectivity index (χ2v) is 1.70. The summed E-state index contributed by atoms with van der Waals surface area (Å²) in [5.74, 6) is -0.551. The summed E-state index contributed by atoms with van der Waals surface area (Å²) >= 11 is 0. The van der Waals surface area contributed by atoms with Crippen molar-refractivity contribution >= 4 is 12.3 Å². The molecule has 0 aromatic carbocycles. The van der Waals surface area contributed by atoms with Crippen molar-refractivity contribution in [3.8, 4) is 0 Å². The molecular weight excluding hydrogens is 358 g/mol. The first-order chi connectivity index (χ1) is 4.16. The van der Waals surface area contributed by atoms with Gasteiger partial charge in [0, 0.05) is 0 Å². The summed E-state index contributed by atoms with van der Waals surface area (Å²) in [6.07, 6.45) is 1.69. The van der Waals surface area contributed by atoms with E-state index in [1.807, 2.05) is 0 Å². The van der Waals surface area contributed by atoms with E-state index in [0.29, 0.717) is 6.10 Å². The van der Waals surface area contributed by atoms with Gasteiger partial charge in [-0.1, -0.05) is 6.42 Å². The van der Waals surface area contributed by atoms with Crippen molar-refractivity contribution in [2.24, 2.45) is 0 Å². The Bertz CT molecular complexity index is 112. The van der Waals surface area contributed by atoms with Gasteiger partial charge in [0.1, 0.15) is 0 Å². The van der Waals surface area contributed by atoms with E-state index in [1.54, 1.807) is 13.8 Å². The molecule has 0 atom stereocenters. The van der Waals surface area contributed by atoms with Gasteiger partial charge in [0.15, 0.2) is 0 Å². The zero-order valence-corrected chi connectivity index (χ0v) is 10.1. The molecule has 0 aromatic heterocycles. The summed E-state index contributed by atoms with van der Waals surface area (Å²) in [7, 11) is 0. The fraction of sp³-hybridized carbons (Fsp3) is 0.500. The Morgan fingerprint density at radius 1 is 1.60 bits per heavy atom. The second kappa shape index (κ2) is 7.30. The van der Waals surface area contributed by atoms with Crippen LogP contribution >= 0.6 is 0 Å². The fourth-order valence-corrected chi connectivity index (χ4v) is 0.323. The molecule has 0 aliphatic heterocycles. The van der Waals surface area contributed by atoms with E-state index in [-0.39, 0.29) is 37.5 Å². The van der Waals surface area contributed by atoms with E-state index in [4.69, 9.17) is 0 Å². The third-order valence-corrected chi connectivity index (χ3v) is 0.534. The second-order valence-electron chi connectivity index (χ2n) is 1.70. The van der Waals surface area contributed by atoms with Crippen molar-refractivity contribution in [3.63, 3.8) is 0 Å². The molecule has 0 unspecified atom stereocenters. The van der Waals surface area contributed by atoms with E-state index in [0.717, 1.165) is 0 Å². The first-order valence-electron chi connectivity index (χ1n) is 2.52. The fourth-order valence-electron chi connectivity index (χ4n) is 0.323. The topological polar surface area (TPSA) is 43.4 Å². The zero-order valence-electron chi connectivity index (χ0n) is 5.93. The van der Waals surface area contributed by atoms with Crippen LogP contribution in [-0.2, 0) is 14.3 Å². The number of rotatable bonds is 3. The van der Waals surface area contributed by atoms with Gasteiger partial charge in [0.05, 0.1) is 0 Å². The van der Waals surface area contributed by atoms with Gasteiger partial charge in [-0.05, 0) is 0 Å². The molecule has 0 spiro atoms. The third kappa shape index (κ3) is 8.19. The van der Waals surface area contributed by atoms with Gasteiger partial charge >= 0.3 is 31.1 Å². The van der Waals surface area contributed by atoms with Gasteiger partial charge in [0.25, 0.3) is 0 Å². The van der Waals surface area contributed by atoms with Crippen molar-refractivity contribution in [2.45, 2.75) is 20.3 Å². The van der Waals surface area contributed by atoms with Crippen molar-refractivity contribution in [1.29, 1.82) is 0 Å². The minimum absolute atomic E-state index is 0. The Morgan fingerprint density at radius 2 is 2.10 bits per heavy atom. The van der Waals surface area contributed by atoms with Gasteiger partial charge in [-0.25, -0.2) is 0 Å². The molecule has 0 fully saturated rings. The van der Waals surface area contributed by atoms with E-state index < -0.39 is 5.97 Å². The minimum Gasteiger partial charge on any atom is -0.636 e. The van der Waals surface area contributed by atoms with Crippen LogP contribution in [0.15, 0.2) is 0 Å².